The lowest BCUT2D eigenvalue weighted by molar-refractivity contribution is 0.0690. The van der Waals surface area contributed by atoms with Gasteiger partial charge in [-0.1, -0.05) is 12.8 Å². The van der Waals surface area contributed by atoms with Gasteiger partial charge in [-0.25, -0.2) is 9.78 Å². The van der Waals surface area contributed by atoms with Gasteiger partial charge in [-0.2, -0.15) is 11.8 Å². The zero-order valence-electron chi connectivity index (χ0n) is 10.6. The molecule has 0 aromatic carbocycles. The minimum atomic E-state index is -1.05. The Morgan fingerprint density at radius 1 is 1.33 bits per heavy atom. The van der Waals surface area contributed by atoms with E-state index in [1.807, 2.05) is 11.8 Å². The molecule has 0 spiro atoms. The minimum Gasteiger partial charge on any atom is -0.476 e. The molecule has 1 aromatic heterocycles. The molecule has 1 heterocycles. The van der Waals surface area contributed by atoms with Crippen LogP contribution in [0.1, 0.15) is 36.2 Å². The van der Waals surface area contributed by atoms with Crippen LogP contribution in [0.15, 0.2) is 12.4 Å². The number of aromatic carboxylic acids is 1. The second-order valence-corrected chi connectivity index (χ2v) is 4.91. The predicted octanol–water partition coefficient (Wildman–Crippen LogP) is 2.51. The van der Waals surface area contributed by atoms with Crippen LogP contribution in [0.3, 0.4) is 0 Å². The molecular weight excluding hydrogens is 250 g/mol. The van der Waals surface area contributed by atoms with Crippen LogP contribution in [0.25, 0.3) is 0 Å². The van der Waals surface area contributed by atoms with Gasteiger partial charge in [0.15, 0.2) is 5.69 Å². The highest BCUT2D eigenvalue weighted by Gasteiger charge is 2.05. The molecule has 0 unspecified atom stereocenters. The number of carboxylic acids is 1. The monoisotopic (exact) mass is 269 g/mol. The summed E-state index contributed by atoms with van der Waals surface area (Å²) in [7, 11) is 0. The van der Waals surface area contributed by atoms with Crippen molar-refractivity contribution in [3.05, 3.63) is 18.1 Å². The number of carboxylic acid groups (broad SMARTS) is 1. The van der Waals surface area contributed by atoms with Crippen molar-refractivity contribution in [1.29, 1.82) is 0 Å². The van der Waals surface area contributed by atoms with Crippen molar-refractivity contribution < 1.29 is 9.90 Å². The van der Waals surface area contributed by atoms with Gasteiger partial charge >= 0.3 is 5.97 Å². The SMILES string of the molecule is CSCCCCCCNc1cncc(C(=O)O)n1. The first-order valence-electron chi connectivity index (χ1n) is 6.02. The summed E-state index contributed by atoms with van der Waals surface area (Å²) in [4.78, 5) is 18.5. The van der Waals surface area contributed by atoms with Crippen molar-refractivity contribution in [2.75, 3.05) is 23.9 Å². The van der Waals surface area contributed by atoms with E-state index >= 15 is 0 Å². The third-order valence-corrected chi connectivity index (χ3v) is 3.13. The number of hydrogen-bond donors (Lipinski definition) is 2. The molecule has 0 saturated heterocycles. The number of hydrogen-bond acceptors (Lipinski definition) is 5. The molecule has 5 nitrogen and oxygen atoms in total. The smallest absolute Gasteiger partial charge is 0.356 e. The van der Waals surface area contributed by atoms with Crippen molar-refractivity contribution in [3.8, 4) is 0 Å². The number of nitrogens with one attached hydrogen (secondary N) is 1. The summed E-state index contributed by atoms with van der Waals surface area (Å²) in [6.07, 6.45) is 9.65. The molecule has 0 aliphatic rings. The van der Waals surface area contributed by atoms with Crippen LogP contribution in [0.5, 0.6) is 0 Å². The number of anilines is 1. The van der Waals surface area contributed by atoms with Crippen LogP contribution >= 0.6 is 11.8 Å². The largest absolute Gasteiger partial charge is 0.476 e. The van der Waals surface area contributed by atoms with E-state index in [0.717, 1.165) is 13.0 Å². The fourth-order valence-electron chi connectivity index (χ4n) is 1.50. The van der Waals surface area contributed by atoms with E-state index in [1.54, 1.807) is 6.20 Å². The molecule has 18 heavy (non-hydrogen) atoms. The Hall–Kier alpha value is -1.30. The topological polar surface area (TPSA) is 75.1 Å². The third-order valence-electron chi connectivity index (χ3n) is 2.44. The second-order valence-electron chi connectivity index (χ2n) is 3.93. The fourth-order valence-corrected chi connectivity index (χ4v) is 1.99. The third kappa shape index (κ3) is 5.86. The number of rotatable bonds is 9. The first-order chi connectivity index (χ1) is 8.74. The molecule has 6 heteroatoms. The minimum absolute atomic E-state index is 0.0278. The molecule has 100 valence electrons. The van der Waals surface area contributed by atoms with Gasteiger partial charge in [-0.3, -0.25) is 4.98 Å². The molecule has 0 atom stereocenters. The normalized spacial score (nSPS) is 10.3. The first-order valence-corrected chi connectivity index (χ1v) is 7.41. The number of unbranched alkanes of at least 4 members (excludes halogenated alkanes) is 3. The molecule has 1 aromatic rings. The Kier molecular flexibility index (Phi) is 7.17. The van der Waals surface area contributed by atoms with E-state index in [4.69, 9.17) is 5.11 Å². The lowest BCUT2D eigenvalue weighted by atomic mass is 10.2. The zero-order chi connectivity index (χ0) is 13.2. The number of carbonyl (C=O) groups is 1. The van der Waals surface area contributed by atoms with E-state index < -0.39 is 5.97 Å². The van der Waals surface area contributed by atoms with Gasteiger partial charge in [0.2, 0.25) is 0 Å². The van der Waals surface area contributed by atoms with Gasteiger partial charge in [0.25, 0.3) is 0 Å². The Morgan fingerprint density at radius 3 is 2.83 bits per heavy atom. The van der Waals surface area contributed by atoms with E-state index in [-0.39, 0.29) is 5.69 Å². The first kappa shape index (κ1) is 14.8. The summed E-state index contributed by atoms with van der Waals surface area (Å²) >= 11 is 1.88. The highest BCUT2D eigenvalue weighted by molar-refractivity contribution is 7.98. The summed E-state index contributed by atoms with van der Waals surface area (Å²) in [6, 6.07) is 0. The van der Waals surface area contributed by atoms with Crippen LogP contribution in [0.2, 0.25) is 0 Å². The fraction of sp³-hybridized carbons (Fsp3) is 0.583. The predicted molar refractivity (Wildman–Crippen MR) is 74.3 cm³/mol. The number of aromatic nitrogens is 2. The Balaban J connectivity index is 2.19. The summed E-state index contributed by atoms with van der Waals surface area (Å²) in [5.41, 5.74) is -0.0278. The molecule has 0 radical (unpaired) electrons. The van der Waals surface area contributed by atoms with Crippen molar-refractivity contribution >= 4 is 23.5 Å². The molecule has 1 rings (SSSR count). The average molecular weight is 269 g/mol. The Morgan fingerprint density at radius 2 is 2.11 bits per heavy atom. The summed E-state index contributed by atoms with van der Waals surface area (Å²) in [6.45, 7) is 0.803. The maximum atomic E-state index is 10.7. The van der Waals surface area contributed by atoms with Crippen molar-refractivity contribution in [1.82, 2.24) is 9.97 Å². The molecule has 0 aliphatic heterocycles. The Bertz CT molecular complexity index is 374. The molecule has 0 saturated carbocycles. The molecule has 2 N–H and O–H groups in total. The summed E-state index contributed by atoms with van der Waals surface area (Å²) in [5, 5.41) is 11.9. The molecule has 0 amide bonds. The summed E-state index contributed by atoms with van der Waals surface area (Å²) < 4.78 is 0. The van der Waals surface area contributed by atoms with Crippen LogP contribution in [0, 0.1) is 0 Å². The maximum Gasteiger partial charge on any atom is 0.356 e. The van der Waals surface area contributed by atoms with Crippen LogP contribution in [-0.4, -0.2) is 39.6 Å². The quantitative estimate of drug-likeness (QED) is 0.671. The van der Waals surface area contributed by atoms with Gasteiger partial charge < -0.3 is 10.4 Å². The van der Waals surface area contributed by atoms with Crippen LogP contribution < -0.4 is 5.32 Å². The van der Waals surface area contributed by atoms with Crippen molar-refractivity contribution in [2.45, 2.75) is 25.7 Å². The Labute approximate surface area is 111 Å². The van der Waals surface area contributed by atoms with Gasteiger partial charge in [-0.15, -0.1) is 0 Å². The van der Waals surface area contributed by atoms with Gasteiger partial charge in [0.1, 0.15) is 5.82 Å². The van der Waals surface area contributed by atoms with Gasteiger partial charge in [0, 0.05) is 6.54 Å². The van der Waals surface area contributed by atoms with Crippen LogP contribution in [-0.2, 0) is 0 Å². The van der Waals surface area contributed by atoms with Crippen molar-refractivity contribution in [3.63, 3.8) is 0 Å². The van der Waals surface area contributed by atoms with E-state index in [9.17, 15) is 4.79 Å². The van der Waals surface area contributed by atoms with Crippen molar-refractivity contribution in [2.24, 2.45) is 0 Å². The van der Waals surface area contributed by atoms with Gasteiger partial charge in [0.05, 0.1) is 12.4 Å². The van der Waals surface area contributed by atoms with E-state index in [0.29, 0.717) is 5.82 Å². The number of thioether (sulfide) groups is 1. The standard InChI is InChI=1S/C12H19N3O2S/c1-18-7-5-3-2-4-6-14-11-9-13-8-10(15-11)12(16)17/h8-9H,2-7H2,1H3,(H,14,15)(H,16,17). The molecular formula is C12H19N3O2S. The number of nitrogens with zero attached hydrogens (tertiary/aromatic N) is 2. The van der Waals surface area contributed by atoms with E-state index in [2.05, 4.69) is 21.5 Å². The van der Waals surface area contributed by atoms with Gasteiger partial charge in [-0.05, 0) is 24.9 Å². The molecule has 0 bridgehead atoms. The van der Waals surface area contributed by atoms with E-state index in [1.165, 1.54) is 31.2 Å². The zero-order valence-corrected chi connectivity index (χ0v) is 11.4. The lowest BCUT2D eigenvalue weighted by Gasteiger charge is -2.05. The second kappa shape index (κ2) is 8.74. The van der Waals surface area contributed by atoms with Crippen LogP contribution in [0.4, 0.5) is 5.82 Å². The highest BCUT2D eigenvalue weighted by Crippen LogP contribution is 2.06. The maximum absolute atomic E-state index is 10.7. The average Bonchev–Trinajstić information content (AvgIpc) is 2.38. The molecule has 0 aliphatic carbocycles. The summed E-state index contributed by atoms with van der Waals surface area (Å²) in [5.74, 6) is 0.696. The highest BCUT2D eigenvalue weighted by atomic mass is 32.2. The molecule has 0 fully saturated rings. The lowest BCUT2D eigenvalue weighted by Crippen LogP contribution is -2.07.